The monoisotopic (exact) mass is 249 g/mol. The summed E-state index contributed by atoms with van der Waals surface area (Å²) < 4.78 is 0. The van der Waals surface area contributed by atoms with E-state index in [0.29, 0.717) is 6.54 Å². The molecule has 0 aromatic heterocycles. The number of nitrogens with two attached hydrogens (primary N) is 1. The van der Waals surface area contributed by atoms with Gasteiger partial charge in [0.1, 0.15) is 0 Å². The molecule has 1 rings (SSSR count). The minimum Gasteiger partial charge on any atom is -0.373 e. The van der Waals surface area contributed by atoms with E-state index in [4.69, 9.17) is 5.84 Å². The number of anilines is 1. The van der Waals surface area contributed by atoms with E-state index in [1.807, 2.05) is 20.9 Å². The number of hydrazine groups is 1. The van der Waals surface area contributed by atoms with E-state index in [9.17, 15) is 4.79 Å². The van der Waals surface area contributed by atoms with Crippen molar-refractivity contribution in [2.75, 3.05) is 18.5 Å². The van der Waals surface area contributed by atoms with Crippen LogP contribution in [0.25, 0.3) is 0 Å². The van der Waals surface area contributed by atoms with Gasteiger partial charge in [0.2, 0.25) is 5.91 Å². The van der Waals surface area contributed by atoms with Crippen molar-refractivity contribution in [3.8, 4) is 0 Å². The van der Waals surface area contributed by atoms with Gasteiger partial charge in [0.25, 0.3) is 0 Å². The molecule has 0 aliphatic heterocycles. The van der Waals surface area contributed by atoms with Crippen molar-refractivity contribution in [2.24, 2.45) is 11.3 Å². The SMILES string of the molecule is Cc1ccc(N(C)CC(C)(C)C(=O)NN)c(C)c1. The van der Waals surface area contributed by atoms with Gasteiger partial charge in [-0.15, -0.1) is 0 Å². The Morgan fingerprint density at radius 3 is 2.50 bits per heavy atom. The van der Waals surface area contributed by atoms with Crippen LogP contribution in [-0.2, 0) is 4.79 Å². The number of nitrogens with one attached hydrogen (secondary N) is 1. The lowest BCUT2D eigenvalue weighted by Gasteiger charge is -2.30. The molecule has 3 N–H and O–H groups in total. The Morgan fingerprint density at radius 2 is 2.00 bits per heavy atom. The Balaban J connectivity index is 2.88. The van der Waals surface area contributed by atoms with E-state index in [2.05, 4.69) is 42.4 Å². The maximum Gasteiger partial charge on any atom is 0.241 e. The van der Waals surface area contributed by atoms with E-state index < -0.39 is 5.41 Å². The number of hydrogen-bond acceptors (Lipinski definition) is 3. The highest BCUT2D eigenvalue weighted by Crippen LogP contribution is 2.24. The predicted molar refractivity (Wildman–Crippen MR) is 75.3 cm³/mol. The van der Waals surface area contributed by atoms with Gasteiger partial charge < -0.3 is 4.90 Å². The molecular formula is C14H23N3O. The van der Waals surface area contributed by atoms with Crippen LogP contribution in [0, 0.1) is 19.3 Å². The first-order valence-corrected chi connectivity index (χ1v) is 6.07. The second-order valence-corrected chi connectivity index (χ2v) is 5.50. The lowest BCUT2D eigenvalue weighted by molar-refractivity contribution is -0.128. The predicted octanol–water partition coefficient (Wildman–Crippen LogP) is 1.76. The zero-order chi connectivity index (χ0) is 13.9. The molecule has 18 heavy (non-hydrogen) atoms. The molecule has 0 bridgehead atoms. The van der Waals surface area contributed by atoms with Gasteiger partial charge in [-0.05, 0) is 39.3 Å². The molecule has 0 aliphatic carbocycles. The largest absolute Gasteiger partial charge is 0.373 e. The van der Waals surface area contributed by atoms with E-state index >= 15 is 0 Å². The van der Waals surface area contributed by atoms with Crippen LogP contribution in [0.5, 0.6) is 0 Å². The molecule has 100 valence electrons. The van der Waals surface area contributed by atoms with Gasteiger partial charge in [-0.2, -0.15) is 0 Å². The second-order valence-electron chi connectivity index (χ2n) is 5.50. The molecule has 0 unspecified atom stereocenters. The smallest absolute Gasteiger partial charge is 0.241 e. The van der Waals surface area contributed by atoms with Crippen LogP contribution in [0.15, 0.2) is 18.2 Å². The molecule has 0 fully saturated rings. The molecule has 0 saturated heterocycles. The third kappa shape index (κ3) is 3.23. The summed E-state index contributed by atoms with van der Waals surface area (Å²) in [5.74, 6) is 5.05. The van der Waals surface area contributed by atoms with Gasteiger partial charge in [0, 0.05) is 19.3 Å². The summed E-state index contributed by atoms with van der Waals surface area (Å²) in [5.41, 5.74) is 5.28. The quantitative estimate of drug-likeness (QED) is 0.485. The van der Waals surface area contributed by atoms with Gasteiger partial charge in [-0.3, -0.25) is 10.2 Å². The van der Waals surface area contributed by atoms with Gasteiger partial charge >= 0.3 is 0 Å². The van der Waals surface area contributed by atoms with Crippen LogP contribution in [-0.4, -0.2) is 19.5 Å². The van der Waals surface area contributed by atoms with Crippen LogP contribution in [0.1, 0.15) is 25.0 Å². The van der Waals surface area contributed by atoms with E-state index in [1.54, 1.807) is 0 Å². The maximum atomic E-state index is 11.7. The Morgan fingerprint density at radius 1 is 1.39 bits per heavy atom. The fourth-order valence-electron chi connectivity index (χ4n) is 2.18. The third-order valence-electron chi connectivity index (χ3n) is 3.14. The zero-order valence-electron chi connectivity index (χ0n) is 11.9. The number of benzene rings is 1. The van der Waals surface area contributed by atoms with Crippen molar-refractivity contribution < 1.29 is 4.79 Å². The van der Waals surface area contributed by atoms with Crippen LogP contribution in [0.4, 0.5) is 5.69 Å². The second kappa shape index (κ2) is 5.40. The number of nitrogens with zero attached hydrogens (tertiary/aromatic N) is 1. The lowest BCUT2D eigenvalue weighted by atomic mass is 9.91. The van der Waals surface area contributed by atoms with E-state index in [1.165, 1.54) is 11.1 Å². The van der Waals surface area contributed by atoms with E-state index in [-0.39, 0.29) is 5.91 Å². The highest BCUT2D eigenvalue weighted by atomic mass is 16.2. The van der Waals surface area contributed by atoms with Crippen molar-refractivity contribution in [3.05, 3.63) is 29.3 Å². The normalized spacial score (nSPS) is 11.2. The van der Waals surface area contributed by atoms with Crippen LogP contribution in [0.3, 0.4) is 0 Å². The van der Waals surface area contributed by atoms with Gasteiger partial charge in [0.15, 0.2) is 0 Å². The summed E-state index contributed by atoms with van der Waals surface area (Å²) in [7, 11) is 1.99. The molecule has 1 aromatic rings. The Bertz CT molecular complexity index is 441. The van der Waals surface area contributed by atoms with Crippen molar-refractivity contribution >= 4 is 11.6 Å². The molecule has 0 heterocycles. The van der Waals surface area contributed by atoms with Gasteiger partial charge in [0.05, 0.1) is 5.41 Å². The summed E-state index contributed by atoms with van der Waals surface area (Å²) in [6.45, 7) is 8.53. The summed E-state index contributed by atoms with van der Waals surface area (Å²) in [4.78, 5) is 13.8. The maximum absolute atomic E-state index is 11.7. The minimum atomic E-state index is -0.527. The fourth-order valence-corrected chi connectivity index (χ4v) is 2.18. The van der Waals surface area contributed by atoms with Crippen molar-refractivity contribution in [1.82, 2.24) is 5.43 Å². The molecule has 0 aliphatic rings. The van der Waals surface area contributed by atoms with Crippen LogP contribution < -0.4 is 16.2 Å². The van der Waals surface area contributed by atoms with Gasteiger partial charge in [-0.1, -0.05) is 17.7 Å². The Hall–Kier alpha value is -1.55. The van der Waals surface area contributed by atoms with Crippen molar-refractivity contribution in [3.63, 3.8) is 0 Å². The molecule has 4 heteroatoms. The molecule has 0 saturated carbocycles. The molecular weight excluding hydrogens is 226 g/mol. The number of amides is 1. The summed E-state index contributed by atoms with van der Waals surface area (Å²) in [6, 6.07) is 6.30. The number of carbonyl (C=O) groups excluding carboxylic acids is 1. The third-order valence-corrected chi connectivity index (χ3v) is 3.14. The molecule has 1 amide bonds. The number of hydrogen-bond donors (Lipinski definition) is 2. The molecule has 4 nitrogen and oxygen atoms in total. The van der Waals surface area contributed by atoms with Crippen molar-refractivity contribution in [2.45, 2.75) is 27.7 Å². The summed E-state index contributed by atoms with van der Waals surface area (Å²) >= 11 is 0. The van der Waals surface area contributed by atoms with Gasteiger partial charge in [-0.25, -0.2) is 5.84 Å². The van der Waals surface area contributed by atoms with Crippen LogP contribution >= 0.6 is 0 Å². The van der Waals surface area contributed by atoms with E-state index in [0.717, 1.165) is 5.69 Å². The average molecular weight is 249 g/mol. The molecule has 0 atom stereocenters. The van der Waals surface area contributed by atoms with Crippen molar-refractivity contribution in [1.29, 1.82) is 0 Å². The average Bonchev–Trinajstić information content (AvgIpc) is 2.26. The first kappa shape index (κ1) is 14.5. The minimum absolute atomic E-state index is 0.154. The summed E-state index contributed by atoms with van der Waals surface area (Å²) in [5, 5.41) is 0. The standard InChI is InChI=1S/C14H23N3O/c1-10-6-7-12(11(2)8-10)17(5)9-14(3,4)13(18)16-15/h6-8H,9,15H2,1-5H3,(H,16,18). The highest BCUT2D eigenvalue weighted by Gasteiger charge is 2.28. The number of carbonyl (C=O) groups is 1. The molecule has 1 aromatic carbocycles. The number of aryl methyl sites for hydroxylation is 2. The van der Waals surface area contributed by atoms with Crippen LogP contribution in [0.2, 0.25) is 0 Å². The number of rotatable bonds is 4. The Kier molecular flexibility index (Phi) is 4.35. The fraction of sp³-hybridized carbons (Fsp3) is 0.500. The topological polar surface area (TPSA) is 58.4 Å². The summed E-state index contributed by atoms with van der Waals surface area (Å²) in [6.07, 6.45) is 0. The first-order chi connectivity index (χ1) is 8.27. The Labute approximate surface area is 109 Å². The first-order valence-electron chi connectivity index (χ1n) is 6.07. The molecule has 0 spiro atoms. The lowest BCUT2D eigenvalue weighted by Crippen LogP contribution is -2.46. The molecule has 0 radical (unpaired) electrons. The zero-order valence-corrected chi connectivity index (χ0v) is 11.9. The highest BCUT2D eigenvalue weighted by molar-refractivity contribution is 5.82.